The van der Waals surface area contributed by atoms with E-state index < -0.39 is 41.5 Å². The number of carbonyl (C=O) groups is 3. The molecule has 0 saturated carbocycles. The Kier molecular flexibility index (Phi) is 6.18. The summed E-state index contributed by atoms with van der Waals surface area (Å²) in [5, 5.41) is 16.3. The summed E-state index contributed by atoms with van der Waals surface area (Å²) in [6.07, 6.45) is 6.62. The molecule has 5 aliphatic rings. The molecule has 10 heteroatoms. The van der Waals surface area contributed by atoms with Crippen molar-refractivity contribution >= 4 is 34.2 Å². The van der Waals surface area contributed by atoms with Gasteiger partial charge in [-0.05, 0) is 61.4 Å². The Morgan fingerprint density at radius 2 is 2.02 bits per heavy atom. The van der Waals surface area contributed by atoms with E-state index in [9.17, 15) is 19.5 Å². The normalized spacial score (nSPS) is 34.2. The molecule has 1 aromatic carbocycles. The fourth-order valence-corrected chi connectivity index (χ4v) is 8.10. The van der Waals surface area contributed by atoms with E-state index in [1.807, 2.05) is 46.9 Å². The predicted molar refractivity (Wildman–Crippen MR) is 156 cm³/mol. The number of ether oxygens (including phenoxy) is 1. The first kappa shape index (κ1) is 27.6. The van der Waals surface area contributed by atoms with Crippen molar-refractivity contribution in [3.05, 3.63) is 41.6 Å². The number of piperazine rings is 1. The second kappa shape index (κ2) is 9.39. The highest BCUT2D eigenvalue weighted by Crippen LogP contribution is 2.48. The number of amides is 3. The molecule has 224 valence electrons. The van der Waals surface area contributed by atoms with E-state index in [0.717, 1.165) is 29.5 Å². The highest BCUT2D eigenvalue weighted by Gasteiger charge is 2.72. The number of hydrogen-bond donors (Lipinski definition) is 3. The third kappa shape index (κ3) is 3.70. The Balaban J connectivity index is 1.24. The van der Waals surface area contributed by atoms with E-state index in [0.29, 0.717) is 25.9 Å². The number of likely N-dealkylation sites (N-methyl/N-ethyl adjacent to an activating group) is 1. The summed E-state index contributed by atoms with van der Waals surface area (Å²) in [6.45, 7) is 8.60. The number of aromatic nitrogens is 1. The minimum Gasteiger partial charge on any atom is -0.361 e. The highest BCUT2D eigenvalue weighted by atomic mass is 16.7. The van der Waals surface area contributed by atoms with E-state index >= 15 is 0 Å². The van der Waals surface area contributed by atoms with Crippen LogP contribution in [0.3, 0.4) is 0 Å². The van der Waals surface area contributed by atoms with Gasteiger partial charge >= 0.3 is 0 Å². The second-order valence-electron chi connectivity index (χ2n) is 13.6. The number of aliphatic hydroxyl groups is 1. The summed E-state index contributed by atoms with van der Waals surface area (Å²) >= 11 is 0. The van der Waals surface area contributed by atoms with Gasteiger partial charge in [0.25, 0.3) is 11.8 Å². The maximum Gasteiger partial charge on any atom is 0.281 e. The fraction of sp³-hybridized carbons (Fsp3) is 0.594. The van der Waals surface area contributed by atoms with Gasteiger partial charge in [0, 0.05) is 42.1 Å². The average Bonchev–Trinajstić information content (AvgIpc) is 3.65. The van der Waals surface area contributed by atoms with Crippen molar-refractivity contribution in [2.24, 2.45) is 17.8 Å². The number of nitrogens with zero attached hydrogens (tertiary/aromatic N) is 3. The lowest BCUT2D eigenvalue weighted by atomic mass is 9.79. The van der Waals surface area contributed by atoms with Gasteiger partial charge in [0.05, 0.1) is 5.92 Å². The first-order chi connectivity index (χ1) is 20.0. The van der Waals surface area contributed by atoms with Gasteiger partial charge < -0.3 is 20.3 Å². The van der Waals surface area contributed by atoms with E-state index in [1.54, 1.807) is 4.90 Å². The molecule has 5 heterocycles. The van der Waals surface area contributed by atoms with Crippen molar-refractivity contribution in [1.29, 1.82) is 0 Å². The van der Waals surface area contributed by atoms with Gasteiger partial charge in [0.1, 0.15) is 12.1 Å². The number of H-pyrrole nitrogens is 1. The number of aromatic amines is 1. The lowest BCUT2D eigenvalue weighted by Gasteiger charge is -2.49. The molecule has 3 saturated heterocycles. The van der Waals surface area contributed by atoms with E-state index in [-0.39, 0.29) is 23.8 Å². The Bertz CT molecular complexity index is 1510. The van der Waals surface area contributed by atoms with Gasteiger partial charge in [-0.3, -0.25) is 28.9 Å². The van der Waals surface area contributed by atoms with E-state index in [4.69, 9.17) is 4.74 Å². The SMILES string of the molecule is CC(C)C[C@@H]1C(=O)N2CCC[C@@H]2[C@@]2(O)O[C@@](NC(=O)[C@H]3C=C4c5cccc6[nH]cc(c56)C[C@H]4N(C)C3)(C(C)C)C(=O)N12. The Morgan fingerprint density at radius 3 is 2.76 bits per heavy atom. The third-order valence-electron chi connectivity index (χ3n) is 10.2. The van der Waals surface area contributed by atoms with Crippen LogP contribution in [0.2, 0.25) is 0 Å². The number of nitrogens with one attached hydrogen (secondary N) is 2. The van der Waals surface area contributed by atoms with Crippen LogP contribution in [0, 0.1) is 17.8 Å². The van der Waals surface area contributed by atoms with E-state index in [1.165, 1.54) is 15.8 Å². The standard InChI is InChI=1S/C32H41N5O5/c1-17(2)12-25-29(39)36-11-7-10-26(36)32(41)37(25)30(40)31(42-32,18(3)4)34-28(38)20-13-22-21-8-6-9-23-27(21)19(15-33-23)14-24(22)35(5)16-20/h6,8-9,13,15,17-18,20,24-26,33,41H,7,10-12,14,16H2,1-5H3,(H,34,38)/t20-,24+,25+,26+,31-,32+/m0/s1. The minimum absolute atomic E-state index is 0.108. The predicted octanol–water partition coefficient (Wildman–Crippen LogP) is 2.43. The zero-order valence-corrected chi connectivity index (χ0v) is 25.0. The molecule has 0 spiro atoms. The molecule has 3 fully saturated rings. The number of benzene rings is 1. The molecule has 7 rings (SSSR count). The molecule has 4 aliphatic heterocycles. The molecule has 2 aromatic rings. The summed E-state index contributed by atoms with van der Waals surface area (Å²) in [6, 6.07) is 4.84. The summed E-state index contributed by atoms with van der Waals surface area (Å²) < 4.78 is 6.43. The number of rotatable bonds is 5. The number of fused-ring (bicyclic) bond motifs is 5. The van der Waals surface area contributed by atoms with Crippen molar-refractivity contribution in [1.82, 2.24) is 25.0 Å². The fourth-order valence-electron chi connectivity index (χ4n) is 8.10. The topological polar surface area (TPSA) is 118 Å². The van der Waals surface area contributed by atoms with Crippen LogP contribution in [0.15, 0.2) is 30.5 Å². The van der Waals surface area contributed by atoms with Gasteiger partial charge in [-0.1, -0.05) is 45.9 Å². The number of carbonyl (C=O) groups excluding carboxylic acids is 3. The summed E-state index contributed by atoms with van der Waals surface area (Å²) in [5.41, 5.74) is 2.79. The highest BCUT2D eigenvalue weighted by molar-refractivity contribution is 6.01. The monoisotopic (exact) mass is 575 g/mol. The lowest BCUT2D eigenvalue weighted by Crippen LogP contribution is -2.71. The summed E-state index contributed by atoms with van der Waals surface area (Å²) in [4.78, 5) is 50.7. The van der Waals surface area contributed by atoms with Gasteiger partial charge in [0.2, 0.25) is 17.5 Å². The third-order valence-corrected chi connectivity index (χ3v) is 10.2. The van der Waals surface area contributed by atoms with Crippen LogP contribution in [0.1, 0.15) is 58.1 Å². The van der Waals surface area contributed by atoms with Gasteiger partial charge in [-0.25, -0.2) is 0 Å². The zero-order valence-electron chi connectivity index (χ0n) is 25.0. The minimum atomic E-state index is -2.00. The molecular weight excluding hydrogens is 534 g/mol. The second-order valence-corrected chi connectivity index (χ2v) is 13.6. The molecule has 0 radical (unpaired) electrons. The Labute approximate surface area is 246 Å². The van der Waals surface area contributed by atoms with Gasteiger partial charge in [-0.2, -0.15) is 0 Å². The van der Waals surface area contributed by atoms with Crippen LogP contribution in [0.4, 0.5) is 0 Å². The van der Waals surface area contributed by atoms with Crippen LogP contribution in [0.5, 0.6) is 0 Å². The Hall–Kier alpha value is -3.21. The molecule has 10 nitrogen and oxygen atoms in total. The molecule has 3 amide bonds. The van der Waals surface area contributed by atoms with Gasteiger partial charge in [0.15, 0.2) is 0 Å². The van der Waals surface area contributed by atoms with Crippen molar-refractivity contribution in [2.45, 2.75) is 83.1 Å². The molecule has 3 N–H and O–H groups in total. The molecular formula is C32H41N5O5. The first-order valence-corrected chi connectivity index (χ1v) is 15.4. The molecule has 1 aliphatic carbocycles. The molecule has 42 heavy (non-hydrogen) atoms. The van der Waals surface area contributed by atoms with Crippen molar-refractivity contribution in [3.63, 3.8) is 0 Å². The quantitative estimate of drug-likeness (QED) is 0.504. The van der Waals surface area contributed by atoms with Crippen molar-refractivity contribution < 1.29 is 24.2 Å². The van der Waals surface area contributed by atoms with Crippen molar-refractivity contribution in [2.75, 3.05) is 20.1 Å². The number of hydrogen-bond acceptors (Lipinski definition) is 6. The van der Waals surface area contributed by atoms with Crippen molar-refractivity contribution in [3.8, 4) is 0 Å². The largest absolute Gasteiger partial charge is 0.361 e. The summed E-state index contributed by atoms with van der Waals surface area (Å²) in [5.74, 6) is -3.97. The average molecular weight is 576 g/mol. The molecule has 1 aromatic heterocycles. The molecule has 6 atom stereocenters. The van der Waals surface area contributed by atoms with Crippen LogP contribution >= 0.6 is 0 Å². The maximum absolute atomic E-state index is 14.4. The Morgan fingerprint density at radius 1 is 1.24 bits per heavy atom. The smallest absolute Gasteiger partial charge is 0.281 e. The first-order valence-electron chi connectivity index (χ1n) is 15.4. The zero-order chi connectivity index (χ0) is 29.7. The van der Waals surface area contributed by atoms with Crippen LogP contribution in [-0.2, 0) is 25.5 Å². The molecule has 0 unspecified atom stereocenters. The summed E-state index contributed by atoms with van der Waals surface area (Å²) in [7, 11) is 2.03. The van der Waals surface area contributed by atoms with Crippen LogP contribution in [0.25, 0.3) is 16.5 Å². The maximum atomic E-state index is 14.4. The lowest BCUT2D eigenvalue weighted by molar-refractivity contribution is -0.322. The van der Waals surface area contributed by atoms with Crippen LogP contribution in [-0.4, -0.2) is 92.4 Å². The van der Waals surface area contributed by atoms with Gasteiger partial charge in [-0.15, -0.1) is 0 Å². The van der Waals surface area contributed by atoms with Crippen LogP contribution < -0.4 is 5.32 Å². The van der Waals surface area contributed by atoms with E-state index in [2.05, 4.69) is 33.5 Å². The molecule has 0 bridgehead atoms.